The van der Waals surface area contributed by atoms with Gasteiger partial charge < -0.3 is 9.47 Å². The Balaban J connectivity index is 1.42. The molecule has 0 saturated carbocycles. The maximum atomic E-state index is 9.57. The van der Waals surface area contributed by atoms with Crippen LogP contribution in [0.3, 0.4) is 0 Å². The molecule has 0 radical (unpaired) electrons. The van der Waals surface area contributed by atoms with Gasteiger partial charge in [0.25, 0.3) is 0 Å². The zero-order valence-electron chi connectivity index (χ0n) is 19.6. The Kier molecular flexibility index (Phi) is 7.01. The molecule has 1 aromatic heterocycles. The van der Waals surface area contributed by atoms with Crippen LogP contribution in [0, 0.1) is 11.3 Å². The van der Waals surface area contributed by atoms with Crippen LogP contribution in [0.15, 0.2) is 109 Å². The first kappa shape index (κ1) is 22.9. The molecular formula is C30H24N4O2. The van der Waals surface area contributed by atoms with E-state index < -0.39 is 0 Å². The standard InChI is InChI=1S/C30H24N4O2/c31-19-27-30(26-14-8-3-9-15-26)34(33-32-27)20-25-16-17-28(35-21-23-10-4-1-5-11-23)29(18-25)36-22-24-12-6-2-7-13-24/h1-18H,20-22H2. The average Bonchev–Trinajstić information content (AvgIpc) is 3.35. The summed E-state index contributed by atoms with van der Waals surface area (Å²) in [6, 6.07) is 37.8. The molecule has 0 aliphatic heterocycles. The van der Waals surface area contributed by atoms with Crippen LogP contribution in [0.25, 0.3) is 11.3 Å². The van der Waals surface area contributed by atoms with Crippen LogP contribution in [0.5, 0.6) is 11.5 Å². The molecule has 0 fully saturated rings. The molecule has 1 heterocycles. The van der Waals surface area contributed by atoms with Crippen molar-refractivity contribution in [3.8, 4) is 28.8 Å². The van der Waals surface area contributed by atoms with Crippen molar-refractivity contribution in [3.63, 3.8) is 0 Å². The summed E-state index contributed by atoms with van der Waals surface area (Å²) in [7, 11) is 0. The molecule has 0 bridgehead atoms. The number of ether oxygens (including phenoxy) is 2. The van der Waals surface area contributed by atoms with Gasteiger partial charge in [-0.05, 0) is 28.8 Å². The van der Waals surface area contributed by atoms with E-state index in [1.165, 1.54) is 0 Å². The van der Waals surface area contributed by atoms with E-state index in [0.29, 0.717) is 42.6 Å². The van der Waals surface area contributed by atoms with Crippen LogP contribution < -0.4 is 9.47 Å². The van der Waals surface area contributed by atoms with Gasteiger partial charge in [-0.25, -0.2) is 4.68 Å². The van der Waals surface area contributed by atoms with Gasteiger partial charge in [-0.2, -0.15) is 5.26 Å². The van der Waals surface area contributed by atoms with Crippen LogP contribution in [0.2, 0.25) is 0 Å². The molecule has 0 saturated heterocycles. The van der Waals surface area contributed by atoms with Gasteiger partial charge in [0.1, 0.15) is 25.0 Å². The third-order valence-electron chi connectivity index (χ3n) is 5.70. The van der Waals surface area contributed by atoms with Crippen molar-refractivity contribution >= 4 is 0 Å². The number of nitriles is 1. The lowest BCUT2D eigenvalue weighted by Gasteiger charge is -2.15. The average molecular weight is 473 g/mol. The molecule has 0 amide bonds. The molecule has 0 atom stereocenters. The van der Waals surface area contributed by atoms with Crippen molar-refractivity contribution in [3.05, 3.63) is 132 Å². The summed E-state index contributed by atoms with van der Waals surface area (Å²) in [5.74, 6) is 1.31. The predicted molar refractivity (Wildman–Crippen MR) is 137 cm³/mol. The second-order valence-corrected chi connectivity index (χ2v) is 8.25. The molecule has 5 aromatic rings. The summed E-state index contributed by atoms with van der Waals surface area (Å²) < 4.78 is 14.1. The van der Waals surface area contributed by atoms with Crippen molar-refractivity contribution in [2.75, 3.05) is 0 Å². The minimum absolute atomic E-state index is 0.296. The summed E-state index contributed by atoms with van der Waals surface area (Å²) in [4.78, 5) is 0. The third kappa shape index (κ3) is 5.43. The lowest BCUT2D eigenvalue weighted by molar-refractivity contribution is 0.255. The molecule has 6 nitrogen and oxygen atoms in total. The summed E-state index contributed by atoms with van der Waals surface area (Å²) in [6.07, 6.45) is 0. The first-order chi connectivity index (χ1) is 17.8. The molecule has 0 aliphatic carbocycles. The summed E-state index contributed by atoms with van der Waals surface area (Å²) >= 11 is 0. The van der Waals surface area contributed by atoms with Crippen LogP contribution >= 0.6 is 0 Å². The van der Waals surface area contributed by atoms with E-state index in [4.69, 9.17) is 9.47 Å². The highest BCUT2D eigenvalue weighted by atomic mass is 16.5. The monoisotopic (exact) mass is 472 g/mol. The van der Waals surface area contributed by atoms with Crippen LogP contribution in [-0.4, -0.2) is 15.0 Å². The largest absolute Gasteiger partial charge is 0.485 e. The topological polar surface area (TPSA) is 73.0 Å². The molecule has 0 aliphatic rings. The molecule has 6 heteroatoms. The van der Waals surface area contributed by atoms with Gasteiger partial charge in [-0.3, -0.25) is 0 Å². The van der Waals surface area contributed by atoms with Gasteiger partial charge in [-0.15, -0.1) is 5.10 Å². The number of aromatic nitrogens is 3. The lowest BCUT2D eigenvalue weighted by Crippen LogP contribution is -2.06. The summed E-state index contributed by atoms with van der Waals surface area (Å²) in [5, 5.41) is 17.9. The number of benzene rings is 4. The smallest absolute Gasteiger partial charge is 0.190 e. The Morgan fingerprint density at radius 2 is 1.25 bits per heavy atom. The molecule has 0 spiro atoms. The molecule has 36 heavy (non-hydrogen) atoms. The molecule has 176 valence electrons. The van der Waals surface area contributed by atoms with E-state index in [1.807, 2.05) is 109 Å². The normalized spacial score (nSPS) is 10.5. The van der Waals surface area contributed by atoms with Crippen molar-refractivity contribution in [2.24, 2.45) is 0 Å². The quantitative estimate of drug-likeness (QED) is 0.262. The molecule has 5 rings (SSSR count). The number of hydrogen-bond donors (Lipinski definition) is 0. The maximum Gasteiger partial charge on any atom is 0.190 e. The van der Waals surface area contributed by atoms with Gasteiger partial charge in [0, 0.05) is 5.56 Å². The van der Waals surface area contributed by atoms with E-state index in [-0.39, 0.29) is 0 Å². The van der Waals surface area contributed by atoms with Crippen LogP contribution in [0.1, 0.15) is 22.4 Å². The first-order valence-electron chi connectivity index (χ1n) is 11.7. The van der Waals surface area contributed by atoms with Gasteiger partial charge in [0.2, 0.25) is 0 Å². The lowest BCUT2D eigenvalue weighted by atomic mass is 10.1. The van der Waals surface area contributed by atoms with Gasteiger partial charge in [0.05, 0.1) is 6.54 Å². The Hall–Kier alpha value is -4.89. The second-order valence-electron chi connectivity index (χ2n) is 8.25. The first-order valence-corrected chi connectivity index (χ1v) is 11.7. The minimum atomic E-state index is 0.296. The van der Waals surface area contributed by atoms with Crippen LogP contribution in [-0.2, 0) is 19.8 Å². The Morgan fingerprint density at radius 1 is 0.667 bits per heavy atom. The fraction of sp³-hybridized carbons (Fsp3) is 0.100. The zero-order chi connectivity index (χ0) is 24.6. The van der Waals surface area contributed by atoms with Gasteiger partial charge >= 0.3 is 0 Å². The van der Waals surface area contributed by atoms with Gasteiger partial charge in [0.15, 0.2) is 17.2 Å². The van der Waals surface area contributed by atoms with E-state index in [0.717, 1.165) is 22.3 Å². The fourth-order valence-electron chi connectivity index (χ4n) is 3.91. The highest BCUT2D eigenvalue weighted by Gasteiger charge is 2.16. The number of hydrogen-bond acceptors (Lipinski definition) is 5. The van der Waals surface area contributed by atoms with Crippen molar-refractivity contribution in [1.29, 1.82) is 5.26 Å². The Bertz CT molecular complexity index is 1460. The minimum Gasteiger partial charge on any atom is -0.485 e. The maximum absolute atomic E-state index is 9.57. The van der Waals surface area contributed by atoms with E-state index >= 15 is 0 Å². The predicted octanol–water partition coefficient (Wildman–Crippen LogP) is 6.02. The summed E-state index contributed by atoms with van der Waals surface area (Å²) in [5.41, 5.74) is 4.98. The van der Waals surface area contributed by atoms with E-state index in [2.05, 4.69) is 16.4 Å². The zero-order valence-corrected chi connectivity index (χ0v) is 19.6. The number of rotatable bonds is 9. The van der Waals surface area contributed by atoms with E-state index in [1.54, 1.807) is 4.68 Å². The van der Waals surface area contributed by atoms with Crippen molar-refractivity contribution in [1.82, 2.24) is 15.0 Å². The van der Waals surface area contributed by atoms with Crippen LogP contribution in [0.4, 0.5) is 0 Å². The summed E-state index contributed by atoms with van der Waals surface area (Å²) in [6.45, 7) is 1.29. The molecule has 4 aromatic carbocycles. The van der Waals surface area contributed by atoms with Crippen molar-refractivity contribution in [2.45, 2.75) is 19.8 Å². The fourth-order valence-corrected chi connectivity index (χ4v) is 3.91. The van der Waals surface area contributed by atoms with Crippen molar-refractivity contribution < 1.29 is 9.47 Å². The molecular weight excluding hydrogens is 448 g/mol. The molecule has 0 unspecified atom stereocenters. The highest BCUT2D eigenvalue weighted by molar-refractivity contribution is 5.64. The van der Waals surface area contributed by atoms with E-state index in [9.17, 15) is 5.26 Å². The number of nitrogens with zero attached hydrogens (tertiary/aromatic N) is 4. The third-order valence-corrected chi connectivity index (χ3v) is 5.70. The second kappa shape index (κ2) is 11.0. The molecule has 0 N–H and O–H groups in total. The SMILES string of the molecule is N#Cc1nnn(Cc2ccc(OCc3ccccc3)c(OCc3ccccc3)c2)c1-c1ccccc1. The highest BCUT2D eigenvalue weighted by Crippen LogP contribution is 2.31. The Morgan fingerprint density at radius 3 is 1.86 bits per heavy atom. The van der Waals surface area contributed by atoms with Gasteiger partial charge in [-0.1, -0.05) is 102 Å². The Labute approximate surface area is 210 Å².